The van der Waals surface area contributed by atoms with Crippen LogP contribution in [-0.4, -0.2) is 28.9 Å². The number of rotatable bonds is 7. The Morgan fingerprint density at radius 1 is 1.11 bits per heavy atom. The molecule has 3 rings (SSSR count). The molecule has 1 aliphatic rings. The second-order valence-electron chi connectivity index (χ2n) is 6.73. The summed E-state index contributed by atoms with van der Waals surface area (Å²) in [6.07, 6.45) is 1.30. The van der Waals surface area contributed by atoms with E-state index in [0.29, 0.717) is 12.8 Å². The van der Waals surface area contributed by atoms with Crippen molar-refractivity contribution < 1.29 is 19.5 Å². The van der Waals surface area contributed by atoms with Crippen LogP contribution in [0.5, 0.6) is 0 Å². The Balaban J connectivity index is 1.54. The molecule has 1 aliphatic heterocycles. The van der Waals surface area contributed by atoms with Gasteiger partial charge in [-0.25, -0.2) is 4.79 Å². The number of hydrogen-bond acceptors (Lipinski definition) is 3. The number of para-hydroxylation sites is 1. The monoisotopic (exact) mass is 366 g/mol. The van der Waals surface area contributed by atoms with Gasteiger partial charge >= 0.3 is 5.97 Å². The molecule has 3 N–H and O–H groups in total. The van der Waals surface area contributed by atoms with Crippen LogP contribution < -0.4 is 10.6 Å². The van der Waals surface area contributed by atoms with E-state index in [0.717, 1.165) is 16.8 Å². The molecule has 2 atom stereocenters. The Hall–Kier alpha value is -3.15. The zero-order valence-electron chi connectivity index (χ0n) is 14.9. The first-order chi connectivity index (χ1) is 13.0. The van der Waals surface area contributed by atoms with Crippen molar-refractivity contribution in [3.05, 3.63) is 65.7 Å². The van der Waals surface area contributed by atoms with Crippen LogP contribution in [0.15, 0.2) is 54.6 Å². The topological polar surface area (TPSA) is 95.5 Å². The third-order valence-corrected chi connectivity index (χ3v) is 4.75. The summed E-state index contributed by atoms with van der Waals surface area (Å²) < 4.78 is 0. The smallest absolute Gasteiger partial charge is 0.326 e. The minimum atomic E-state index is -1.07. The lowest BCUT2D eigenvalue weighted by Crippen LogP contribution is -2.42. The average molecular weight is 366 g/mol. The molecule has 0 radical (unpaired) electrons. The third kappa shape index (κ3) is 4.94. The van der Waals surface area contributed by atoms with Crippen LogP contribution in [0.25, 0.3) is 0 Å². The fourth-order valence-electron chi connectivity index (χ4n) is 3.27. The lowest BCUT2D eigenvalue weighted by atomic mass is 9.89. The van der Waals surface area contributed by atoms with E-state index in [1.54, 1.807) is 0 Å². The van der Waals surface area contributed by atoms with Crippen LogP contribution in [0.2, 0.25) is 0 Å². The first kappa shape index (κ1) is 18.6. The predicted octanol–water partition coefficient (Wildman–Crippen LogP) is 2.39. The second-order valence-corrected chi connectivity index (χ2v) is 6.73. The van der Waals surface area contributed by atoms with Gasteiger partial charge in [0.25, 0.3) is 0 Å². The summed E-state index contributed by atoms with van der Waals surface area (Å²) in [5, 5.41) is 14.8. The Bertz CT molecular complexity index is 835. The summed E-state index contributed by atoms with van der Waals surface area (Å²) in [5.41, 5.74) is 2.71. The highest BCUT2D eigenvalue weighted by Gasteiger charge is 2.27. The molecule has 0 fully saturated rings. The molecular weight excluding hydrogens is 344 g/mol. The van der Waals surface area contributed by atoms with Gasteiger partial charge in [-0.3, -0.25) is 9.59 Å². The van der Waals surface area contributed by atoms with Gasteiger partial charge in [-0.15, -0.1) is 0 Å². The fourth-order valence-corrected chi connectivity index (χ4v) is 3.27. The van der Waals surface area contributed by atoms with E-state index >= 15 is 0 Å². The maximum absolute atomic E-state index is 12.2. The summed E-state index contributed by atoms with van der Waals surface area (Å²) >= 11 is 0. The van der Waals surface area contributed by atoms with E-state index in [-0.39, 0.29) is 30.6 Å². The molecule has 0 bridgehead atoms. The van der Waals surface area contributed by atoms with Crippen LogP contribution in [0.1, 0.15) is 24.0 Å². The lowest BCUT2D eigenvalue weighted by molar-refractivity contribution is -0.141. The molecule has 0 spiro atoms. The minimum absolute atomic E-state index is 0.0967. The van der Waals surface area contributed by atoms with Gasteiger partial charge < -0.3 is 15.7 Å². The first-order valence-corrected chi connectivity index (χ1v) is 8.98. The quantitative estimate of drug-likeness (QED) is 0.701. The summed E-state index contributed by atoms with van der Waals surface area (Å²) in [5.74, 6) is -1.81. The van der Waals surface area contributed by atoms with Crippen molar-refractivity contribution in [1.82, 2.24) is 5.32 Å². The van der Waals surface area contributed by atoms with Gasteiger partial charge in [0.05, 0.1) is 0 Å². The largest absolute Gasteiger partial charge is 0.480 e. The van der Waals surface area contributed by atoms with Crippen molar-refractivity contribution >= 4 is 23.5 Å². The molecule has 6 nitrogen and oxygen atoms in total. The highest BCUT2D eigenvalue weighted by Crippen LogP contribution is 2.27. The van der Waals surface area contributed by atoms with Gasteiger partial charge in [-0.05, 0) is 30.0 Å². The predicted molar refractivity (Wildman–Crippen MR) is 101 cm³/mol. The summed E-state index contributed by atoms with van der Waals surface area (Å²) in [7, 11) is 0. The SMILES string of the molecule is O=C(CCC1Cc2ccccc2NC1=O)N[C@H](Cc1ccccc1)C(=O)O. The number of nitrogens with one attached hydrogen (secondary N) is 2. The van der Waals surface area contributed by atoms with E-state index in [9.17, 15) is 19.5 Å². The zero-order chi connectivity index (χ0) is 19.2. The Labute approximate surface area is 157 Å². The molecule has 27 heavy (non-hydrogen) atoms. The Kier molecular flexibility index (Phi) is 5.86. The van der Waals surface area contributed by atoms with Crippen LogP contribution >= 0.6 is 0 Å². The number of hydrogen-bond donors (Lipinski definition) is 3. The average Bonchev–Trinajstić information content (AvgIpc) is 2.66. The molecule has 0 saturated heterocycles. The van der Waals surface area contributed by atoms with E-state index in [1.165, 1.54) is 0 Å². The number of amides is 2. The van der Waals surface area contributed by atoms with Crippen molar-refractivity contribution in [2.75, 3.05) is 5.32 Å². The number of carbonyl (C=O) groups is 3. The van der Waals surface area contributed by atoms with Crippen LogP contribution in [-0.2, 0) is 27.2 Å². The molecule has 6 heteroatoms. The number of fused-ring (bicyclic) bond motifs is 1. The molecule has 0 aliphatic carbocycles. The fraction of sp³-hybridized carbons (Fsp3) is 0.286. The highest BCUT2D eigenvalue weighted by atomic mass is 16.4. The third-order valence-electron chi connectivity index (χ3n) is 4.75. The summed E-state index contributed by atoms with van der Waals surface area (Å²) in [4.78, 5) is 35.9. The Morgan fingerprint density at radius 3 is 2.56 bits per heavy atom. The van der Waals surface area contributed by atoms with Crippen molar-refractivity contribution in [3.8, 4) is 0 Å². The molecule has 0 aromatic heterocycles. The van der Waals surface area contributed by atoms with E-state index in [2.05, 4.69) is 10.6 Å². The highest BCUT2D eigenvalue weighted by molar-refractivity contribution is 5.96. The lowest BCUT2D eigenvalue weighted by Gasteiger charge is -2.24. The van der Waals surface area contributed by atoms with E-state index in [4.69, 9.17) is 0 Å². The van der Waals surface area contributed by atoms with Crippen molar-refractivity contribution in [3.63, 3.8) is 0 Å². The van der Waals surface area contributed by atoms with Crippen molar-refractivity contribution in [2.45, 2.75) is 31.7 Å². The molecule has 1 unspecified atom stereocenters. The number of aliphatic carboxylic acids is 1. The van der Waals surface area contributed by atoms with Gasteiger partial charge in [-0.1, -0.05) is 48.5 Å². The first-order valence-electron chi connectivity index (χ1n) is 8.98. The normalized spacial score (nSPS) is 16.7. The van der Waals surface area contributed by atoms with E-state index < -0.39 is 12.0 Å². The molecule has 140 valence electrons. The number of carboxylic acid groups (broad SMARTS) is 1. The molecular formula is C21H22N2O4. The Morgan fingerprint density at radius 2 is 1.81 bits per heavy atom. The van der Waals surface area contributed by atoms with Gasteiger partial charge in [0, 0.05) is 24.4 Å². The maximum atomic E-state index is 12.2. The van der Waals surface area contributed by atoms with Gasteiger partial charge in [0.2, 0.25) is 11.8 Å². The zero-order valence-corrected chi connectivity index (χ0v) is 14.9. The maximum Gasteiger partial charge on any atom is 0.326 e. The van der Waals surface area contributed by atoms with Crippen molar-refractivity contribution in [2.24, 2.45) is 5.92 Å². The van der Waals surface area contributed by atoms with E-state index in [1.807, 2.05) is 54.6 Å². The number of anilines is 1. The van der Waals surface area contributed by atoms with Crippen molar-refractivity contribution in [1.29, 1.82) is 0 Å². The number of benzene rings is 2. The standard InChI is InChI=1S/C21H22N2O4/c24-19(22-18(21(26)27)12-14-6-2-1-3-7-14)11-10-16-13-15-8-4-5-9-17(15)23-20(16)25/h1-9,16,18H,10-13H2,(H,22,24)(H,23,25)(H,26,27)/t16?,18-/m1/s1. The molecule has 1 heterocycles. The van der Waals surface area contributed by atoms with Crippen LogP contribution in [0, 0.1) is 5.92 Å². The van der Waals surface area contributed by atoms with Gasteiger partial charge in [0.1, 0.15) is 6.04 Å². The molecule has 0 saturated carbocycles. The summed E-state index contributed by atoms with van der Waals surface area (Å²) in [6.45, 7) is 0. The molecule has 2 aromatic rings. The minimum Gasteiger partial charge on any atom is -0.480 e. The second kappa shape index (κ2) is 8.49. The molecule has 2 amide bonds. The number of carboxylic acids is 1. The van der Waals surface area contributed by atoms with Crippen LogP contribution in [0.3, 0.4) is 0 Å². The summed E-state index contributed by atoms with van der Waals surface area (Å²) in [6, 6.07) is 15.8. The molecule has 2 aromatic carbocycles. The van der Waals surface area contributed by atoms with Crippen LogP contribution in [0.4, 0.5) is 5.69 Å². The van der Waals surface area contributed by atoms with Gasteiger partial charge in [-0.2, -0.15) is 0 Å². The number of carbonyl (C=O) groups excluding carboxylic acids is 2. The van der Waals surface area contributed by atoms with Gasteiger partial charge in [0.15, 0.2) is 0 Å².